The van der Waals surface area contributed by atoms with Crippen LogP contribution in [0.25, 0.3) is 0 Å². The maximum Gasteiger partial charge on any atom is 0.583 e. The quantitative estimate of drug-likeness (QED) is 0.312. The lowest BCUT2D eigenvalue weighted by Gasteiger charge is -2.45. The zero-order valence-electron chi connectivity index (χ0n) is 13.7. The second kappa shape index (κ2) is 7.90. The van der Waals surface area contributed by atoms with E-state index in [0.717, 1.165) is 24.2 Å². The van der Waals surface area contributed by atoms with Gasteiger partial charge in [0.15, 0.2) is 6.73 Å². The number of nitrogens with zero attached hydrogens (tertiary/aromatic N) is 1. The molecular formula is C13H26BF6NO. The predicted molar refractivity (Wildman–Crippen MR) is 75.2 cm³/mol. The van der Waals surface area contributed by atoms with E-state index < -0.39 is 13.1 Å². The zero-order valence-corrected chi connectivity index (χ0v) is 13.7. The summed E-state index contributed by atoms with van der Waals surface area (Å²) >= 11 is 0. The minimum atomic E-state index is -6.65. The van der Waals surface area contributed by atoms with E-state index >= 15 is 0 Å². The van der Waals surface area contributed by atoms with Crippen LogP contribution in [0.15, 0.2) is 0 Å². The van der Waals surface area contributed by atoms with E-state index in [1.807, 2.05) is 0 Å². The highest BCUT2D eigenvalue weighted by molar-refractivity contribution is 6.60. The van der Waals surface area contributed by atoms with Crippen LogP contribution in [-0.4, -0.2) is 49.5 Å². The molecule has 1 aliphatic heterocycles. The van der Waals surface area contributed by atoms with Gasteiger partial charge in [-0.1, -0.05) is 6.92 Å². The summed E-state index contributed by atoms with van der Waals surface area (Å²) in [6.45, 7) is 6.97. The van der Waals surface area contributed by atoms with E-state index in [0.29, 0.717) is 5.54 Å². The van der Waals surface area contributed by atoms with Crippen LogP contribution in [-0.2, 0) is 4.74 Å². The second-order valence-corrected chi connectivity index (χ2v) is 6.62. The largest absolute Gasteiger partial charge is 0.583 e. The molecule has 0 amide bonds. The van der Waals surface area contributed by atoms with E-state index in [9.17, 15) is 26.1 Å². The minimum absolute atomic E-state index is 0.338. The lowest BCUT2D eigenvalue weighted by Crippen LogP contribution is -2.59. The molecule has 1 heterocycles. The van der Waals surface area contributed by atoms with Crippen LogP contribution in [0, 0.1) is 0 Å². The van der Waals surface area contributed by atoms with Gasteiger partial charge >= 0.3 is 13.1 Å². The van der Waals surface area contributed by atoms with Crippen LogP contribution in [0.1, 0.15) is 47.0 Å². The van der Waals surface area contributed by atoms with Gasteiger partial charge in [-0.15, -0.1) is 0 Å². The molecule has 0 saturated carbocycles. The number of likely N-dealkylation sites (tertiary alicyclic amines) is 1. The monoisotopic (exact) mass is 337 g/mol. The van der Waals surface area contributed by atoms with Crippen molar-refractivity contribution in [2.75, 3.05) is 26.4 Å². The molecule has 9 heteroatoms. The topological polar surface area (TPSA) is 9.23 Å². The van der Waals surface area contributed by atoms with Gasteiger partial charge < -0.3 is 17.7 Å². The fourth-order valence-corrected chi connectivity index (χ4v) is 2.32. The van der Waals surface area contributed by atoms with Crippen molar-refractivity contribution in [2.45, 2.75) is 58.6 Å². The second-order valence-electron chi connectivity index (χ2n) is 6.62. The molecule has 22 heavy (non-hydrogen) atoms. The molecule has 1 aliphatic rings. The summed E-state index contributed by atoms with van der Waals surface area (Å²) < 4.78 is 69.8. The number of ether oxygens (including phenoxy) is 1. The first-order valence-electron chi connectivity index (χ1n) is 7.47. The van der Waals surface area contributed by atoms with Crippen molar-refractivity contribution in [1.29, 1.82) is 0 Å². The van der Waals surface area contributed by atoms with Gasteiger partial charge in [0.25, 0.3) is 0 Å². The summed E-state index contributed by atoms with van der Waals surface area (Å²) in [7, 11) is 0. The van der Waals surface area contributed by atoms with Gasteiger partial charge in [0.1, 0.15) is 0 Å². The molecule has 0 unspecified atom stereocenters. The van der Waals surface area contributed by atoms with E-state index in [1.54, 1.807) is 0 Å². The molecule has 1 rings (SSSR count). The molecule has 0 radical (unpaired) electrons. The van der Waals surface area contributed by atoms with E-state index in [-0.39, 0.29) is 0 Å². The van der Waals surface area contributed by atoms with Crippen molar-refractivity contribution in [1.82, 2.24) is 0 Å². The minimum Gasteiger partial charge on any atom is -0.443 e. The van der Waals surface area contributed by atoms with Gasteiger partial charge in [-0.3, -0.25) is 4.48 Å². The SMILES string of the molecule is CCCOC[N+]1(C(C)(C)C)CCCC1.F[B-](F)(F)C(F)(F)F. The lowest BCUT2D eigenvalue weighted by molar-refractivity contribution is -0.976. The molecule has 134 valence electrons. The van der Waals surface area contributed by atoms with Crippen molar-refractivity contribution in [3.63, 3.8) is 0 Å². The highest BCUT2D eigenvalue weighted by Gasteiger charge is 2.53. The predicted octanol–water partition coefficient (Wildman–Crippen LogP) is 4.71. The molecule has 0 aromatic carbocycles. The number of hydrogen-bond donors (Lipinski definition) is 0. The highest BCUT2D eigenvalue weighted by atomic mass is 19.4. The van der Waals surface area contributed by atoms with Crippen LogP contribution >= 0.6 is 0 Å². The van der Waals surface area contributed by atoms with E-state index in [4.69, 9.17) is 4.74 Å². The first-order chi connectivity index (χ1) is 9.77. The first kappa shape index (κ1) is 21.6. The molecule has 0 spiro atoms. The number of quaternary nitrogens is 1. The maximum atomic E-state index is 10.5. The molecule has 1 fully saturated rings. The number of rotatable bonds is 4. The standard InChI is InChI=1S/C12H26NO.CBF6/c1-5-10-14-11-13(12(2,3)4)8-6-7-9-13;3-1(4,5)2(6,7)8/h5-11H2,1-4H3;/q+1;-1. The van der Waals surface area contributed by atoms with Crippen molar-refractivity contribution in [3.05, 3.63) is 0 Å². The summed E-state index contributed by atoms with van der Waals surface area (Å²) in [5, 5.41) is 0. The average molecular weight is 337 g/mol. The van der Waals surface area contributed by atoms with Crippen LogP contribution in [0.3, 0.4) is 0 Å². The summed E-state index contributed by atoms with van der Waals surface area (Å²) in [4.78, 5) is 0. The van der Waals surface area contributed by atoms with Crippen LogP contribution in [0.2, 0.25) is 0 Å². The van der Waals surface area contributed by atoms with Gasteiger partial charge in [-0.05, 0) is 27.2 Å². The molecular weight excluding hydrogens is 311 g/mol. The summed E-state index contributed by atoms with van der Waals surface area (Å²) in [5.41, 5.74) is 0.338. The number of alkyl halides is 3. The van der Waals surface area contributed by atoms with Crippen molar-refractivity contribution < 1.29 is 35.3 Å². The Morgan fingerprint density at radius 3 is 1.68 bits per heavy atom. The summed E-state index contributed by atoms with van der Waals surface area (Å²) in [6.07, 6.45) is -2.14. The van der Waals surface area contributed by atoms with Gasteiger partial charge in [-0.25, -0.2) is 13.2 Å². The zero-order chi connectivity index (χ0) is 17.7. The molecule has 2 nitrogen and oxygen atoms in total. The third-order valence-corrected chi connectivity index (χ3v) is 3.90. The molecule has 0 bridgehead atoms. The number of halogens is 6. The smallest absolute Gasteiger partial charge is 0.443 e. The van der Waals surface area contributed by atoms with Crippen LogP contribution < -0.4 is 0 Å². The Balaban J connectivity index is 0.000000472. The van der Waals surface area contributed by atoms with Crippen LogP contribution in [0.5, 0.6) is 0 Å². The fraction of sp³-hybridized carbons (Fsp3) is 1.00. The van der Waals surface area contributed by atoms with E-state index in [2.05, 4.69) is 27.7 Å². The summed E-state index contributed by atoms with van der Waals surface area (Å²) in [6, 6.07) is 0. The van der Waals surface area contributed by atoms with Gasteiger partial charge in [0.2, 0.25) is 0 Å². The van der Waals surface area contributed by atoms with Gasteiger partial charge in [0, 0.05) is 12.8 Å². The molecule has 0 atom stereocenters. The lowest BCUT2D eigenvalue weighted by atomic mass is 9.92. The third kappa shape index (κ3) is 6.36. The first-order valence-corrected chi connectivity index (χ1v) is 7.47. The molecule has 1 saturated heterocycles. The highest BCUT2D eigenvalue weighted by Crippen LogP contribution is 2.31. The molecule has 0 aromatic heterocycles. The Hall–Kier alpha value is -0.435. The third-order valence-electron chi connectivity index (χ3n) is 3.90. The Morgan fingerprint density at radius 1 is 1.00 bits per heavy atom. The maximum absolute atomic E-state index is 10.5. The average Bonchev–Trinajstić information content (AvgIpc) is 2.77. The summed E-state index contributed by atoms with van der Waals surface area (Å²) in [5.74, 6) is 0. The Kier molecular flexibility index (Phi) is 7.74. The molecule has 0 aromatic rings. The van der Waals surface area contributed by atoms with Crippen molar-refractivity contribution >= 4 is 6.98 Å². The molecule has 0 N–H and O–H groups in total. The van der Waals surface area contributed by atoms with Gasteiger partial charge in [-0.2, -0.15) is 0 Å². The molecule has 0 aliphatic carbocycles. The normalized spacial score (nSPS) is 18.8. The van der Waals surface area contributed by atoms with Crippen molar-refractivity contribution in [2.24, 2.45) is 0 Å². The number of hydrogen-bond acceptors (Lipinski definition) is 1. The Labute approximate surface area is 128 Å². The fourth-order valence-electron chi connectivity index (χ4n) is 2.32. The van der Waals surface area contributed by atoms with Crippen molar-refractivity contribution in [3.8, 4) is 0 Å². The van der Waals surface area contributed by atoms with E-state index in [1.165, 1.54) is 25.9 Å². The Bertz CT molecular complexity index is 306. The Morgan fingerprint density at radius 2 is 1.41 bits per heavy atom. The van der Waals surface area contributed by atoms with Crippen LogP contribution in [0.4, 0.5) is 26.1 Å². The van der Waals surface area contributed by atoms with Gasteiger partial charge in [0.05, 0.1) is 25.2 Å².